The van der Waals surface area contributed by atoms with Gasteiger partial charge in [-0.1, -0.05) is 45.0 Å². The molecule has 148 valence electrons. The fourth-order valence-corrected chi connectivity index (χ4v) is 4.96. The molecule has 1 aromatic rings. The Hall–Kier alpha value is -2.16. The summed E-state index contributed by atoms with van der Waals surface area (Å²) in [5, 5.41) is 0. The highest BCUT2D eigenvalue weighted by atomic mass is 16.5. The molecule has 28 heavy (non-hydrogen) atoms. The van der Waals surface area contributed by atoms with Gasteiger partial charge < -0.3 is 4.74 Å². The highest BCUT2D eigenvalue weighted by Gasteiger charge is 2.43. The lowest BCUT2D eigenvalue weighted by atomic mass is 9.69. The summed E-state index contributed by atoms with van der Waals surface area (Å²) in [5.41, 5.74) is 4.19. The molecule has 0 saturated carbocycles. The maximum Gasteiger partial charge on any atom is 0.162 e. The summed E-state index contributed by atoms with van der Waals surface area (Å²) in [6.45, 7) is 6.58. The van der Waals surface area contributed by atoms with Gasteiger partial charge in [0.2, 0.25) is 0 Å². The molecule has 1 heterocycles. The average Bonchev–Trinajstić information content (AvgIpc) is 2.67. The molecule has 0 saturated heterocycles. The third-order valence-corrected chi connectivity index (χ3v) is 6.46. The molecule has 0 fully saturated rings. The predicted molar refractivity (Wildman–Crippen MR) is 110 cm³/mol. The molecule has 0 amide bonds. The molecule has 2 aliphatic carbocycles. The number of ether oxygens (including phenoxy) is 1. The predicted octanol–water partition coefficient (Wildman–Crippen LogP) is 5.65. The van der Waals surface area contributed by atoms with Gasteiger partial charge >= 0.3 is 0 Å². The van der Waals surface area contributed by atoms with E-state index in [0.29, 0.717) is 18.8 Å². The molecule has 1 aliphatic heterocycles. The lowest BCUT2D eigenvalue weighted by molar-refractivity contribution is -0.118. The van der Waals surface area contributed by atoms with Crippen LogP contribution in [0.5, 0.6) is 0 Å². The van der Waals surface area contributed by atoms with Gasteiger partial charge in [-0.3, -0.25) is 9.59 Å². The van der Waals surface area contributed by atoms with E-state index < -0.39 is 0 Å². The summed E-state index contributed by atoms with van der Waals surface area (Å²) in [6, 6.07) is 8.79. The second-order valence-electron chi connectivity index (χ2n) is 8.88. The van der Waals surface area contributed by atoms with Gasteiger partial charge in [-0.15, -0.1) is 0 Å². The zero-order chi connectivity index (χ0) is 19.8. The summed E-state index contributed by atoms with van der Waals surface area (Å²) in [4.78, 5) is 25.6. The molecule has 3 heteroatoms. The Bertz CT molecular complexity index is 812. The number of benzene rings is 1. The number of allylic oxidation sites excluding steroid dienone is 4. The highest BCUT2D eigenvalue weighted by Crippen LogP contribution is 2.46. The van der Waals surface area contributed by atoms with E-state index in [1.807, 2.05) is 0 Å². The van der Waals surface area contributed by atoms with Crippen molar-refractivity contribution < 1.29 is 14.3 Å². The van der Waals surface area contributed by atoms with Gasteiger partial charge in [-0.2, -0.15) is 0 Å². The van der Waals surface area contributed by atoms with E-state index in [0.717, 1.165) is 54.8 Å². The minimum atomic E-state index is -0.107. The van der Waals surface area contributed by atoms with Crippen LogP contribution < -0.4 is 0 Å². The zero-order valence-electron chi connectivity index (χ0n) is 17.2. The van der Waals surface area contributed by atoms with Crippen molar-refractivity contribution in [3.8, 4) is 0 Å². The number of hydrogen-bond acceptors (Lipinski definition) is 3. The van der Waals surface area contributed by atoms with E-state index in [1.54, 1.807) is 0 Å². The number of hydrogen-bond donors (Lipinski definition) is 0. The van der Waals surface area contributed by atoms with E-state index in [1.165, 1.54) is 11.1 Å². The van der Waals surface area contributed by atoms with Crippen molar-refractivity contribution in [3.63, 3.8) is 0 Å². The van der Waals surface area contributed by atoms with Crippen LogP contribution in [-0.4, -0.2) is 11.6 Å². The first-order valence-electron chi connectivity index (χ1n) is 10.7. The maximum atomic E-state index is 12.8. The Morgan fingerprint density at radius 1 is 0.857 bits per heavy atom. The van der Waals surface area contributed by atoms with E-state index in [2.05, 4.69) is 45.0 Å². The van der Waals surface area contributed by atoms with Crippen LogP contribution in [0, 0.1) is 11.8 Å². The summed E-state index contributed by atoms with van der Waals surface area (Å²) < 4.78 is 6.13. The number of carbonyl (C=O) groups is 2. The molecule has 1 aromatic carbocycles. The number of Topliss-reactive ketones (excluding diaryl/α,β-unsaturated/α-hetero) is 2. The first-order chi connectivity index (χ1) is 13.5. The van der Waals surface area contributed by atoms with Crippen molar-refractivity contribution in [1.82, 2.24) is 0 Å². The number of ketones is 2. The molecule has 1 atom stereocenters. The van der Waals surface area contributed by atoms with Gasteiger partial charge in [-0.25, -0.2) is 0 Å². The molecule has 0 unspecified atom stereocenters. The van der Waals surface area contributed by atoms with E-state index >= 15 is 0 Å². The Kier molecular flexibility index (Phi) is 5.27. The monoisotopic (exact) mass is 378 g/mol. The third kappa shape index (κ3) is 3.47. The lowest BCUT2D eigenvalue weighted by Gasteiger charge is -2.38. The van der Waals surface area contributed by atoms with Crippen molar-refractivity contribution in [1.29, 1.82) is 0 Å². The van der Waals surface area contributed by atoms with Gasteiger partial charge in [-0.05, 0) is 42.2 Å². The molecule has 4 rings (SSSR count). The second-order valence-corrected chi connectivity index (χ2v) is 8.88. The van der Waals surface area contributed by atoms with Crippen LogP contribution in [0.25, 0.3) is 0 Å². The average molecular weight is 379 g/mol. The Labute approximate surface area is 167 Å². The zero-order valence-corrected chi connectivity index (χ0v) is 17.2. The molecule has 3 nitrogen and oxygen atoms in total. The maximum absolute atomic E-state index is 12.8. The van der Waals surface area contributed by atoms with Crippen LogP contribution in [-0.2, 0) is 20.7 Å². The van der Waals surface area contributed by atoms with Crippen LogP contribution in [0.15, 0.2) is 46.9 Å². The van der Waals surface area contributed by atoms with E-state index in [4.69, 9.17) is 4.74 Å². The van der Waals surface area contributed by atoms with Crippen molar-refractivity contribution >= 4 is 11.6 Å². The standard InChI is InChI=1S/C25H30O3/c1-15(2)18-12-10-17(11-13-18)14-16(3)23-24-19(26)6-4-8-21(24)28-22-9-5-7-20(27)25(22)23/h10-13,15-16,23H,4-9,14H2,1-3H3/t16-/m1/s1. The van der Waals surface area contributed by atoms with Gasteiger partial charge in [0.1, 0.15) is 11.5 Å². The van der Waals surface area contributed by atoms with Gasteiger partial charge in [0.15, 0.2) is 11.6 Å². The Balaban J connectivity index is 1.67. The van der Waals surface area contributed by atoms with Gasteiger partial charge in [0.25, 0.3) is 0 Å². The van der Waals surface area contributed by atoms with Crippen LogP contribution in [0.4, 0.5) is 0 Å². The molecular formula is C25H30O3. The second kappa shape index (κ2) is 7.69. The normalized spacial score (nSPS) is 21.6. The van der Waals surface area contributed by atoms with E-state index in [9.17, 15) is 9.59 Å². The molecule has 3 aliphatic rings. The SMILES string of the molecule is CC(C)c1ccc(C[C@@H](C)C2C3=C(CCCC3=O)OC3=C2C(=O)CCC3)cc1. The lowest BCUT2D eigenvalue weighted by Crippen LogP contribution is -2.35. The fourth-order valence-electron chi connectivity index (χ4n) is 4.96. The Morgan fingerprint density at radius 3 is 1.89 bits per heavy atom. The summed E-state index contributed by atoms with van der Waals surface area (Å²) in [7, 11) is 0. The molecule has 0 N–H and O–H groups in total. The van der Waals surface area contributed by atoms with Crippen LogP contribution >= 0.6 is 0 Å². The van der Waals surface area contributed by atoms with Crippen molar-refractivity contribution in [2.45, 2.75) is 71.6 Å². The largest absolute Gasteiger partial charge is 0.465 e. The summed E-state index contributed by atoms with van der Waals surface area (Å²) in [6.07, 6.45) is 5.35. The quantitative estimate of drug-likeness (QED) is 0.680. The minimum Gasteiger partial charge on any atom is -0.465 e. The molecular weight excluding hydrogens is 348 g/mol. The van der Waals surface area contributed by atoms with Crippen molar-refractivity contribution in [2.75, 3.05) is 0 Å². The third-order valence-electron chi connectivity index (χ3n) is 6.46. The van der Waals surface area contributed by atoms with Gasteiger partial charge in [0, 0.05) is 42.7 Å². The number of rotatable bonds is 4. The summed E-state index contributed by atoms with van der Waals surface area (Å²) in [5.74, 6) is 2.64. The van der Waals surface area contributed by atoms with Crippen LogP contribution in [0.3, 0.4) is 0 Å². The van der Waals surface area contributed by atoms with Crippen molar-refractivity contribution in [2.24, 2.45) is 11.8 Å². The molecule has 0 bridgehead atoms. The van der Waals surface area contributed by atoms with E-state index in [-0.39, 0.29) is 23.4 Å². The smallest absolute Gasteiger partial charge is 0.162 e. The van der Waals surface area contributed by atoms with Gasteiger partial charge in [0.05, 0.1) is 0 Å². The Morgan fingerprint density at radius 2 is 1.39 bits per heavy atom. The number of carbonyl (C=O) groups excluding carboxylic acids is 2. The van der Waals surface area contributed by atoms with Crippen LogP contribution in [0.1, 0.15) is 76.3 Å². The molecule has 0 spiro atoms. The first-order valence-corrected chi connectivity index (χ1v) is 10.7. The fraction of sp³-hybridized carbons (Fsp3) is 0.520. The first kappa shape index (κ1) is 19.2. The highest BCUT2D eigenvalue weighted by molar-refractivity contribution is 6.04. The van der Waals surface area contributed by atoms with Crippen molar-refractivity contribution in [3.05, 3.63) is 58.1 Å². The molecule has 0 radical (unpaired) electrons. The topological polar surface area (TPSA) is 43.4 Å². The summed E-state index contributed by atoms with van der Waals surface area (Å²) >= 11 is 0. The molecule has 0 aromatic heterocycles. The minimum absolute atomic E-state index is 0.107. The van der Waals surface area contributed by atoms with Crippen LogP contribution in [0.2, 0.25) is 0 Å².